The molecule has 0 amide bonds. The van der Waals surface area contributed by atoms with Gasteiger partial charge >= 0.3 is 0 Å². The summed E-state index contributed by atoms with van der Waals surface area (Å²) < 4.78 is 2.32. The van der Waals surface area contributed by atoms with Crippen molar-refractivity contribution < 1.29 is 0 Å². The standard InChI is InChI=1S/C18H23N3/c1-3-12-21-17-7-5-4-6-16(17)19-18(21)9-8-15-10-13-20(2)14-11-15/h4-10H,3,11-14H2,1-2H3/b9-8+. The van der Waals surface area contributed by atoms with Crippen LogP contribution in [0, 0.1) is 0 Å². The fraction of sp³-hybridized carbons (Fsp3) is 0.389. The van der Waals surface area contributed by atoms with E-state index in [1.54, 1.807) is 0 Å². The van der Waals surface area contributed by atoms with Crippen LogP contribution in [0.5, 0.6) is 0 Å². The van der Waals surface area contributed by atoms with Gasteiger partial charge in [-0.3, -0.25) is 0 Å². The van der Waals surface area contributed by atoms with Crippen molar-refractivity contribution in [2.24, 2.45) is 0 Å². The van der Waals surface area contributed by atoms with Crippen LogP contribution in [0.2, 0.25) is 0 Å². The molecule has 3 heteroatoms. The minimum atomic E-state index is 1.02. The summed E-state index contributed by atoms with van der Waals surface area (Å²) in [7, 11) is 2.16. The Hall–Kier alpha value is -1.87. The third kappa shape index (κ3) is 3.08. The number of hydrogen-bond acceptors (Lipinski definition) is 2. The van der Waals surface area contributed by atoms with Crippen molar-refractivity contribution >= 4 is 17.1 Å². The van der Waals surface area contributed by atoms with Gasteiger partial charge in [0.2, 0.25) is 0 Å². The Morgan fingerprint density at radius 3 is 2.86 bits per heavy atom. The molecule has 1 aliphatic heterocycles. The maximum Gasteiger partial charge on any atom is 0.133 e. The van der Waals surface area contributed by atoms with Crippen molar-refractivity contribution in [3.63, 3.8) is 0 Å². The SMILES string of the molecule is CCCn1c(/C=C/C2=CCN(C)CC2)nc2ccccc21. The van der Waals surface area contributed by atoms with E-state index in [-0.39, 0.29) is 0 Å². The molecule has 0 radical (unpaired) electrons. The van der Waals surface area contributed by atoms with Gasteiger partial charge in [-0.05, 0) is 43.7 Å². The molecule has 0 fully saturated rings. The fourth-order valence-electron chi connectivity index (χ4n) is 2.80. The summed E-state index contributed by atoms with van der Waals surface area (Å²) in [5, 5.41) is 0. The molecule has 0 saturated carbocycles. The van der Waals surface area contributed by atoms with Crippen LogP contribution in [-0.2, 0) is 6.54 Å². The molecule has 2 aromatic rings. The first-order valence-electron chi connectivity index (χ1n) is 7.79. The normalized spacial score (nSPS) is 16.8. The molecule has 110 valence electrons. The van der Waals surface area contributed by atoms with Gasteiger partial charge in [0, 0.05) is 19.6 Å². The number of likely N-dealkylation sites (N-methyl/N-ethyl adjacent to an activating group) is 1. The van der Waals surface area contributed by atoms with Gasteiger partial charge in [0.1, 0.15) is 5.82 Å². The number of aryl methyl sites for hydroxylation is 1. The first-order valence-corrected chi connectivity index (χ1v) is 7.79. The highest BCUT2D eigenvalue weighted by molar-refractivity contribution is 5.78. The molecule has 0 saturated heterocycles. The number of aromatic nitrogens is 2. The topological polar surface area (TPSA) is 21.1 Å². The first-order chi connectivity index (χ1) is 10.3. The van der Waals surface area contributed by atoms with Crippen LogP contribution in [0.1, 0.15) is 25.6 Å². The van der Waals surface area contributed by atoms with Crippen LogP contribution in [0.15, 0.2) is 42.0 Å². The molecule has 3 rings (SSSR count). The predicted octanol–water partition coefficient (Wildman–Crippen LogP) is 3.72. The van der Waals surface area contributed by atoms with Gasteiger partial charge in [-0.15, -0.1) is 0 Å². The molecular formula is C18H23N3. The minimum Gasteiger partial charge on any atom is -0.324 e. The van der Waals surface area contributed by atoms with Crippen LogP contribution < -0.4 is 0 Å². The lowest BCUT2D eigenvalue weighted by molar-refractivity contribution is 0.361. The van der Waals surface area contributed by atoms with E-state index >= 15 is 0 Å². The Bertz CT molecular complexity index is 679. The lowest BCUT2D eigenvalue weighted by Crippen LogP contribution is -2.23. The van der Waals surface area contributed by atoms with Gasteiger partial charge in [0.15, 0.2) is 0 Å². The van der Waals surface area contributed by atoms with Crippen molar-refractivity contribution in [3.05, 3.63) is 47.8 Å². The second kappa shape index (κ2) is 6.27. The number of benzene rings is 1. The Balaban J connectivity index is 1.91. The van der Waals surface area contributed by atoms with Crippen LogP contribution in [0.25, 0.3) is 17.1 Å². The molecule has 21 heavy (non-hydrogen) atoms. The van der Waals surface area contributed by atoms with E-state index in [4.69, 9.17) is 4.98 Å². The van der Waals surface area contributed by atoms with Crippen molar-refractivity contribution in [1.29, 1.82) is 0 Å². The first kappa shape index (κ1) is 14.1. The van der Waals surface area contributed by atoms with Crippen molar-refractivity contribution in [1.82, 2.24) is 14.5 Å². The summed E-state index contributed by atoms with van der Waals surface area (Å²) >= 11 is 0. The Morgan fingerprint density at radius 2 is 2.10 bits per heavy atom. The van der Waals surface area contributed by atoms with E-state index in [0.717, 1.165) is 43.8 Å². The molecule has 1 aliphatic rings. The monoisotopic (exact) mass is 281 g/mol. The van der Waals surface area contributed by atoms with Gasteiger partial charge in [0.05, 0.1) is 11.0 Å². The highest BCUT2D eigenvalue weighted by Crippen LogP contribution is 2.19. The molecular weight excluding hydrogens is 258 g/mol. The third-order valence-corrected chi connectivity index (χ3v) is 4.03. The van der Waals surface area contributed by atoms with Crippen LogP contribution in [0.4, 0.5) is 0 Å². The smallest absolute Gasteiger partial charge is 0.133 e. The van der Waals surface area contributed by atoms with Gasteiger partial charge in [-0.1, -0.05) is 31.2 Å². The highest BCUT2D eigenvalue weighted by Gasteiger charge is 2.08. The third-order valence-electron chi connectivity index (χ3n) is 4.03. The van der Waals surface area contributed by atoms with E-state index < -0.39 is 0 Å². The Morgan fingerprint density at radius 1 is 1.24 bits per heavy atom. The molecule has 0 spiro atoms. The average molecular weight is 281 g/mol. The molecule has 1 aromatic carbocycles. The maximum atomic E-state index is 4.77. The quantitative estimate of drug-likeness (QED) is 0.851. The number of imidazole rings is 1. The van der Waals surface area contributed by atoms with Crippen molar-refractivity contribution in [2.45, 2.75) is 26.3 Å². The van der Waals surface area contributed by atoms with E-state index in [0.29, 0.717) is 0 Å². The molecule has 3 nitrogen and oxygen atoms in total. The molecule has 0 bridgehead atoms. The summed E-state index contributed by atoms with van der Waals surface area (Å²) in [5.74, 6) is 1.07. The number of rotatable bonds is 4. The fourth-order valence-corrected chi connectivity index (χ4v) is 2.80. The largest absolute Gasteiger partial charge is 0.324 e. The number of hydrogen-bond donors (Lipinski definition) is 0. The second-order valence-corrected chi connectivity index (χ2v) is 5.73. The number of allylic oxidation sites excluding steroid dienone is 1. The lowest BCUT2D eigenvalue weighted by atomic mass is 10.1. The average Bonchev–Trinajstić information content (AvgIpc) is 2.85. The minimum absolute atomic E-state index is 1.02. The van der Waals surface area contributed by atoms with Gasteiger partial charge in [-0.25, -0.2) is 4.98 Å². The summed E-state index contributed by atoms with van der Waals surface area (Å²) in [6.45, 7) is 5.41. The summed E-state index contributed by atoms with van der Waals surface area (Å²) in [4.78, 5) is 7.11. The van der Waals surface area contributed by atoms with Crippen LogP contribution in [-0.4, -0.2) is 34.6 Å². The zero-order valence-corrected chi connectivity index (χ0v) is 12.9. The van der Waals surface area contributed by atoms with Gasteiger partial charge in [0.25, 0.3) is 0 Å². The summed E-state index contributed by atoms with van der Waals surface area (Å²) in [5.41, 5.74) is 3.74. The number of fused-ring (bicyclic) bond motifs is 1. The molecule has 2 heterocycles. The van der Waals surface area contributed by atoms with E-state index in [1.165, 1.54) is 11.1 Å². The highest BCUT2D eigenvalue weighted by atomic mass is 15.1. The number of nitrogens with zero attached hydrogens (tertiary/aromatic N) is 3. The molecule has 0 N–H and O–H groups in total. The maximum absolute atomic E-state index is 4.77. The Labute approximate surface area is 126 Å². The van der Waals surface area contributed by atoms with Gasteiger partial charge in [-0.2, -0.15) is 0 Å². The van der Waals surface area contributed by atoms with Crippen molar-refractivity contribution in [3.8, 4) is 0 Å². The summed E-state index contributed by atoms with van der Waals surface area (Å²) in [6.07, 6.45) is 8.97. The molecule has 0 unspecified atom stereocenters. The van der Waals surface area contributed by atoms with E-state index in [2.05, 4.69) is 65.9 Å². The molecule has 0 aliphatic carbocycles. The Kier molecular flexibility index (Phi) is 4.20. The molecule has 1 aromatic heterocycles. The van der Waals surface area contributed by atoms with Crippen LogP contribution >= 0.6 is 0 Å². The predicted molar refractivity (Wildman–Crippen MR) is 89.3 cm³/mol. The van der Waals surface area contributed by atoms with Crippen molar-refractivity contribution in [2.75, 3.05) is 20.1 Å². The zero-order chi connectivity index (χ0) is 14.7. The zero-order valence-electron chi connectivity index (χ0n) is 12.9. The lowest BCUT2D eigenvalue weighted by Gasteiger charge is -2.20. The summed E-state index contributed by atoms with van der Waals surface area (Å²) in [6, 6.07) is 8.39. The second-order valence-electron chi connectivity index (χ2n) is 5.73. The van der Waals surface area contributed by atoms with E-state index in [1.807, 2.05) is 0 Å². The van der Waals surface area contributed by atoms with Crippen LogP contribution in [0.3, 0.4) is 0 Å². The number of para-hydroxylation sites is 2. The molecule has 0 atom stereocenters. The van der Waals surface area contributed by atoms with Gasteiger partial charge < -0.3 is 9.47 Å². The van der Waals surface area contributed by atoms with E-state index in [9.17, 15) is 0 Å².